The molecule has 0 aromatic heterocycles. The SMILES string of the molecule is O=C1CC(O)C=C1CCCCCCCO. The Balaban J connectivity index is 2.05. The Labute approximate surface area is 90.8 Å². The van der Waals surface area contributed by atoms with Gasteiger partial charge in [-0.2, -0.15) is 0 Å². The lowest BCUT2D eigenvalue weighted by atomic mass is 10.0. The molecule has 0 spiro atoms. The lowest BCUT2D eigenvalue weighted by Crippen LogP contribution is -2.01. The summed E-state index contributed by atoms with van der Waals surface area (Å²) in [5.74, 6) is 0.109. The van der Waals surface area contributed by atoms with Crippen LogP contribution < -0.4 is 0 Å². The molecule has 0 saturated heterocycles. The maximum absolute atomic E-state index is 11.3. The first-order valence-corrected chi connectivity index (χ1v) is 5.77. The number of rotatable bonds is 7. The van der Waals surface area contributed by atoms with Crippen molar-refractivity contribution in [1.82, 2.24) is 0 Å². The lowest BCUT2D eigenvalue weighted by Gasteiger charge is -2.00. The van der Waals surface area contributed by atoms with Crippen LogP contribution in [0.4, 0.5) is 0 Å². The number of hydrogen-bond donors (Lipinski definition) is 2. The van der Waals surface area contributed by atoms with Gasteiger partial charge < -0.3 is 10.2 Å². The number of aliphatic hydroxyl groups excluding tert-OH is 2. The van der Waals surface area contributed by atoms with Crippen molar-refractivity contribution in [3.05, 3.63) is 11.6 Å². The summed E-state index contributed by atoms with van der Waals surface area (Å²) < 4.78 is 0. The molecule has 1 aliphatic rings. The van der Waals surface area contributed by atoms with Crippen molar-refractivity contribution in [3.8, 4) is 0 Å². The zero-order valence-corrected chi connectivity index (χ0v) is 9.11. The predicted octanol–water partition coefficient (Wildman–Crippen LogP) is 1.58. The van der Waals surface area contributed by atoms with E-state index in [0.29, 0.717) is 0 Å². The lowest BCUT2D eigenvalue weighted by molar-refractivity contribution is -0.115. The summed E-state index contributed by atoms with van der Waals surface area (Å²) in [4.78, 5) is 11.3. The van der Waals surface area contributed by atoms with Gasteiger partial charge in [0, 0.05) is 13.0 Å². The Kier molecular flexibility index (Phi) is 5.58. The monoisotopic (exact) mass is 212 g/mol. The molecule has 0 bridgehead atoms. The average molecular weight is 212 g/mol. The molecule has 86 valence electrons. The molecule has 0 heterocycles. The molecule has 1 rings (SSSR count). The van der Waals surface area contributed by atoms with E-state index in [9.17, 15) is 9.90 Å². The van der Waals surface area contributed by atoms with Crippen LogP contribution in [0.1, 0.15) is 44.9 Å². The number of unbranched alkanes of at least 4 members (excludes halogenated alkanes) is 4. The molecule has 0 aromatic rings. The van der Waals surface area contributed by atoms with Gasteiger partial charge in [-0.15, -0.1) is 0 Å². The number of hydrogen-bond acceptors (Lipinski definition) is 3. The quantitative estimate of drug-likeness (QED) is 0.630. The normalized spacial score (nSPS) is 20.8. The van der Waals surface area contributed by atoms with E-state index in [1.54, 1.807) is 6.08 Å². The van der Waals surface area contributed by atoms with E-state index in [2.05, 4.69) is 0 Å². The summed E-state index contributed by atoms with van der Waals surface area (Å²) >= 11 is 0. The molecular formula is C12H20O3. The predicted molar refractivity (Wildman–Crippen MR) is 58.5 cm³/mol. The van der Waals surface area contributed by atoms with E-state index in [1.165, 1.54) is 0 Å². The third-order valence-corrected chi connectivity index (χ3v) is 2.75. The molecule has 0 fully saturated rings. The largest absolute Gasteiger partial charge is 0.396 e. The second kappa shape index (κ2) is 6.75. The first-order chi connectivity index (χ1) is 7.24. The number of ketones is 1. The molecule has 2 N–H and O–H groups in total. The standard InChI is InChI=1S/C12H20O3/c13-7-5-3-1-2-4-6-10-8-11(14)9-12(10)15/h8,11,13-14H,1-7,9H2. The van der Waals surface area contributed by atoms with Gasteiger partial charge in [0.2, 0.25) is 0 Å². The minimum absolute atomic E-state index is 0.109. The van der Waals surface area contributed by atoms with E-state index >= 15 is 0 Å². The number of carbonyl (C=O) groups is 1. The van der Waals surface area contributed by atoms with E-state index in [0.717, 1.165) is 44.1 Å². The van der Waals surface area contributed by atoms with Crippen molar-refractivity contribution in [2.24, 2.45) is 0 Å². The highest BCUT2D eigenvalue weighted by atomic mass is 16.3. The van der Waals surface area contributed by atoms with Gasteiger partial charge in [0.25, 0.3) is 0 Å². The minimum Gasteiger partial charge on any atom is -0.396 e. The van der Waals surface area contributed by atoms with Crippen molar-refractivity contribution >= 4 is 5.78 Å². The zero-order valence-electron chi connectivity index (χ0n) is 9.11. The minimum atomic E-state index is -0.540. The highest BCUT2D eigenvalue weighted by Gasteiger charge is 2.20. The summed E-state index contributed by atoms with van der Waals surface area (Å²) in [5.41, 5.74) is 0.810. The van der Waals surface area contributed by atoms with Crippen LogP contribution in [0, 0.1) is 0 Å². The van der Waals surface area contributed by atoms with E-state index in [-0.39, 0.29) is 18.8 Å². The Bertz CT molecular complexity index is 233. The van der Waals surface area contributed by atoms with E-state index in [4.69, 9.17) is 5.11 Å². The van der Waals surface area contributed by atoms with Gasteiger partial charge in [0.1, 0.15) is 0 Å². The van der Waals surface area contributed by atoms with Crippen LogP contribution in [0.15, 0.2) is 11.6 Å². The molecule has 0 radical (unpaired) electrons. The first-order valence-electron chi connectivity index (χ1n) is 5.77. The molecule has 3 heteroatoms. The average Bonchev–Trinajstić information content (AvgIpc) is 2.51. The van der Waals surface area contributed by atoms with Gasteiger partial charge in [-0.1, -0.05) is 19.3 Å². The molecule has 3 nitrogen and oxygen atoms in total. The van der Waals surface area contributed by atoms with Crippen molar-refractivity contribution < 1.29 is 15.0 Å². The fourth-order valence-electron chi connectivity index (χ4n) is 1.89. The van der Waals surface area contributed by atoms with Crippen molar-refractivity contribution in [2.45, 2.75) is 51.0 Å². The van der Waals surface area contributed by atoms with Crippen molar-refractivity contribution in [2.75, 3.05) is 6.61 Å². The fraction of sp³-hybridized carbons (Fsp3) is 0.750. The highest BCUT2D eigenvalue weighted by molar-refractivity contribution is 5.98. The van der Waals surface area contributed by atoms with Crippen LogP contribution in [-0.2, 0) is 4.79 Å². The summed E-state index contributed by atoms with van der Waals surface area (Å²) in [5, 5.41) is 17.8. The van der Waals surface area contributed by atoms with Gasteiger partial charge in [-0.3, -0.25) is 4.79 Å². The van der Waals surface area contributed by atoms with E-state index in [1.807, 2.05) is 0 Å². The molecule has 1 aliphatic carbocycles. The molecule has 1 unspecified atom stereocenters. The van der Waals surface area contributed by atoms with Gasteiger partial charge in [-0.05, 0) is 30.9 Å². The molecule has 0 amide bonds. The topological polar surface area (TPSA) is 57.5 Å². The molecule has 0 aromatic carbocycles. The summed E-state index contributed by atoms with van der Waals surface area (Å²) in [7, 11) is 0. The maximum atomic E-state index is 11.3. The second-order valence-corrected chi connectivity index (χ2v) is 4.13. The number of allylic oxidation sites excluding steroid dienone is 1. The Hall–Kier alpha value is -0.670. The van der Waals surface area contributed by atoms with Crippen LogP contribution in [0.5, 0.6) is 0 Å². The maximum Gasteiger partial charge on any atom is 0.161 e. The van der Waals surface area contributed by atoms with Crippen molar-refractivity contribution in [1.29, 1.82) is 0 Å². The molecule has 0 saturated carbocycles. The summed E-state index contributed by atoms with van der Waals surface area (Å²) in [6.07, 6.45) is 7.39. The Morgan fingerprint density at radius 1 is 1.20 bits per heavy atom. The van der Waals surface area contributed by atoms with Gasteiger partial charge in [0.15, 0.2) is 5.78 Å². The van der Waals surface area contributed by atoms with Crippen LogP contribution in [0.25, 0.3) is 0 Å². The highest BCUT2D eigenvalue weighted by Crippen LogP contribution is 2.20. The molecule has 1 atom stereocenters. The number of aliphatic hydroxyl groups is 2. The van der Waals surface area contributed by atoms with Gasteiger partial charge in [0.05, 0.1) is 6.10 Å². The fourth-order valence-corrected chi connectivity index (χ4v) is 1.89. The zero-order chi connectivity index (χ0) is 11.1. The summed E-state index contributed by atoms with van der Waals surface area (Å²) in [6.45, 7) is 0.274. The van der Waals surface area contributed by atoms with Crippen LogP contribution in [0.2, 0.25) is 0 Å². The Morgan fingerprint density at radius 3 is 2.47 bits per heavy atom. The van der Waals surface area contributed by atoms with Gasteiger partial charge in [-0.25, -0.2) is 0 Å². The number of Topliss-reactive ketones (excluding diaryl/α,β-unsaturated/α-hetero) is 1. The molecular weight excluding hydrogens is 192 g/mol. The molecule has 15 heavy (non-hydrogen) atoms. The third kappa shape index (κ3) is 4.58. The number of carbonyl (C=O) groups excluding carboxylic acids is 1. The third-order valence-electron chi connectivity index (χ3n) is 2.75. The first kappa shape index (κ1) is 12.4. The van der Waals surface area contributed by atoms with Crippen LogP contribution >= 0.6 is 0 Å². The van der Waals surface area contributed by atoms with Crippen molar-refractivity contribution in [3.63, 3.8) is 0 Å². The molecule has 0 aliphatic heterocycles. The Morgan fingerprint density at radius 2 is 1.87 bits per heavy atom. The second-order valence-electron chi connectivity index (χ2n) is 4.13. The summed E-state index contributed by atoms with van der Waals surface area (Å²) in [6, 6.07) is 0. The van der Waals surface area contributed by atoms with Crippen LogP contribution in [0.3, 0.4) is 0 Å². The smallest absolute Gasteiger partial charge is 0.161 e. The van der Waals surface area contributed by atoms with Gasteiger partial charge >= 0.3 is 0 Å². The van der Waals surface area contributed by atoms with Crippen LogP contribution in [-0.4, -0.2) is 28.7 Å². The van der Waals surface area contributed by atoms with E-state index < -0.39 is 6.10 Å².